The molecule has 1 aliphatic rings. The van der Waals surface area contributed by atoms with Gasteiger partial charge in [-0.25, -0.2) is 0 Å². The third-order valence-electron chi connectivity index (χ3n) is 4.26. The Kier molecular flexibility index (Phi) is 4.82. The van der Waals surface area contributed by atoms with Gasteiger partial charge in [0.2, 0.25) is 8.32 Å². The van der Waals surface area contributed by atoms with E-state index >= 15 is 0 Å². The number of nitrogens with zero attached hydrogens (tertiary/aromatic N) is 2. The first-order valence-corrected chi connectivity index (χ1v) is 9.81. The maximum absolute atomic E-state index is 8.99. The molecule has 0 saturated heterocycles. The first-order valence-electron chi connectivity index (χ1n) is 6.90. The van der Waals surface area contributed by atoms with Crippen LogP contribution in [0.25, 0.3) is 0 Å². The highest BCUT2D eigenvalue weighted by Crippen LogP contribution is 2.40. The summed E-state index contributed by atoms with van der Waals surface area (Å²) in [5.41, 5.74) is 0. The number of rotatable bonds is 3. The molecule has 0 aromatic carbocycles. The van der Waals surface area contributed by atoms with Gasteiger partial charge in [-0.2, -0.15) is 10.5 Å². The zero-order valence-corrected chi connectivity index (χ0v) is 13.7. The van der Waals surface area contributed by atoms with Gasteiger partial charge < -0.3 is 4.43 Å². The van der Waals surface area contributed by atoms with Crippen LogP contribution >= 0.6 is 0 Å². The second-order valence-corrected chi connectivity index (χ2v) is 11.5. The summed E-state index contributed by atoms with van der Waals surface area (Å²) in [5.74, 6) is 0.486. The minimum atomic E-state index is -1.81. The highest BCUT2D eigenvalue weighted by Gasteiger charge is 2.39. The topological polar surface area (TPSA) is 56.8 Å². The molecule has 0 N–H and O–H groups in total. The Morgan fingerprint density at radius 3 is 2.37 bits per heavy atom. The lowest BCUT2D eigenvalue weighted by molar-refractivity contribution is 0.329. The molecule has 3 nitrogen and oxygen atoms in total. The van der Waals surface area contributed by atoms with Gasteiger partial charge in [0.05, 0.1) is 17.9 Å². The standard InChI is InChI=1S/C15H24N2OSi/c1-15(2,3)19(4,5)18-14-8-6-7-12(9-14)13(10-16)11-17/h9,12-13H,6-8H2,1-5H3. The number of nitriles is 2. The van der Waals surface area contributed by atoms with Crippen molar-refractivity contribution < 1.29 is 4.43 Å². The maximum atomic E-state index is 8.99. The molecule has 0 amide bonds. The largest absolute Gasteiger partial charge is 0.547 e. The van der Waals surface area contributed by atoms with Crippen molar-refractivity contribution in [2.75, 3.05) is 0 Å². The van der Waals surface area contributed by atoms with Crippen LogP contribution in [-0.4, -0.2) is 8.32 Å². The summed E-state index contributed by atoms with van der Waals surface area (Å²) in [6.07, 6.45) is 4.88. The molecule has 0 aromatic rings. The lowest BCUT2D eigenvalue weighted by Gasteiger charge is -2.38. The predicted octanol–water partition coefficient (Wildman–Crippen LogP) is 4.36. The lowest BCUT2D eigenvalue weighted by Crippen LogP contribution is -2.40. The zero-order chi connectivity index (χ0) is 14.7. The van der Waals surface area contributed by atoms with Crippen LogP contribution in [0.2, 0.25) is 18.1 Å². The molecular formula is C15H24N2OSi. The summed E-state index contributed by atoms with van der Waals surface area (Å²) < 4.78 is 6.29. The van der Waals surface area contributed by atoms with E-state index < -0.39 is 14.2 Å². The van der Waals surface area contributed by atoms with Crippen LogP contribution < -0.4 is 0 Å². The van der Waals surface area contributed by atoms with E-state index in [0.29, 0.717) is 0 Å². The van der Waals surface area contributed by atoms with E-state index in [1.54, 1.807) is 0 Å². The highest BCUT2D eigenvalue weighted by molar-refractivity contribution is 6.74. The summed E-state index contributed by atoms with van der Waals surface area (Å²) in [5, 5.41) is 18.2. The second kappa shape index (κ2) is 5.80. The number of hydrogen-bond acceptors (Lipinski definition) is 3. The van der Waals surface area contributed by atoms with Crippen molar-refractivity contribution in [1.82, 2.24) is 0 Å². The van der Waals surface area contributed by atoms with Gasteiger partial charge in [-0.15, -0.1) is 0 Å². The summed E-state index contributed by atoms with van der Waals surface area (Å²) in [6, 6.07) is 4.17. The van der Waals surface area contributed by atoms with E-state index in [-0.39, 0.29) is 11.0 Å². The predicted molar refractivity (Wildman–Crippen MR) is 78.4 cm³/mol. The Morgan fingerprint density at radius 1 is 1.32 bits per heavy atom. The molecular weight excluding hydrogens is 252 g/mol. The summed E-state index contributed by atoms with van der Waals surface area (Å²) >= 11 is 0. The first kappa shape index (κ1) is 15.8. The SMILES string of the molecule is CC(C)(C)[Si](C)(C)OC1=CC(C(C#N)C#N)CCC1. The number of allylic oxidation sites excluding steroid dienone is 2. The summed E-state index contributed by atoms with van der Waals surface area (Å²) in [4.78, 5) is 0. The molecule has 1 atom stereocenters. The van der Waals surface area contributed by atoms with Crippen molar-refractivity contribution in [2.45, 2.75) is 58.2 Å². The molecule has 1 unspecified atom stereocenters. The van der Waals surface area contributed by atoms with E-state index in [1.807, 2.05) is 6.08 Å². The molecule has 0 saturated carbocycles. The van der Waals surface area contributed by atoms with Crippen molar-refractivity contribution in [3.63, 3.8) is 0 Å². The molecule has 0 heterocycles. The quantitative estimate of drug-likeness (QED) is 0.720. The fourth-order valence-electron chi connectivity index (χ4n) is 1.97. The Labute approximate surface area is 118 Å². The molecule has 0 aliphatic heterocycles. The Bertz CT molecular complexity index is 421. The molecule has 0 aromatic heterocycles. The summed E-state index contributed by atoms with van der Waals surface area (Å²) in [6.45, 7) is 11.1. The minimum Gasteiger partial charge on any atom is -0.547 e. The third kappa shape index (κ3) is 3.85. The fraction of sp³-hybridized carbons (Fsp3) is 0.733. The van der Waals surface area contributed by atoms with E-state index in [4.69, 9.17) is 14.9 Å². The lowest BCUT2D eigenvalue weighted by atomic mass is 9.85. The van der Waals surface area contributed by atoms with E-state index in [1.165, 1.54) is 0 Å². The fourth-order valence-corrected chi connectivity index (χ4v) is 3.10. The van der Waals surface area contributed by atoms with Crippen molar-refractivity contribution in [2.24, 2.45) is 11.8 Å². The van der Waals surface area contributed by atoms with Crippen LogP contribution in [0.5, 0.6) is 0 Å². The average Bonchev–Trinajstić information content (AvgIpc) is 2.29. The molecule has 0 bridgehead atoms. The van der Waals surface area contributed by atoms with Crippen LogP contribution in [0.15, 0.2) is 11.8 Å². The maximum Gasteiger partial charge on any atom is 0.250 e. The molecule has 0 spiro atoms. The van der Waals surface area contributed by atoms with E-state index in [0.717, 1.165) is 25.0 Å². The molecule has 4 heteroatoms. The van der Waals surface area contributed by atoms with Crippen molar-refractivity contribution >= 4 is 8.32 Å². The van der Waals surface area contributed by atoms with Crippen molar-refractivity contribution in [3.8, 4) is 12.1 Å². The van der Waals surface area contributed by atoms with Gasteiger partial charge in [0.1, 0.15) is 5.92 Å². The minimum absolute atomic E-state index is 0.0310. The van der Waals surface area contributed by atoms with Gasteiger partial charge in [-0.3, -0.25) is 0 Å². The Hall–Kier alpha value is -1.26. The van der Waals surface area contributed by atoms with Crippen LogP contribution in [0.3, 0.4) is 0 Å². The van der Waals surface area contributed by atoms with Gasteiger partial charge in [0, 0.05) is 12.3 Å². The molecule has 0 fully saturated rings. The van der Waals surface area contributed by atoms with Crippen LogP contribution in [0.4, 0.5) is 0 Å². The average molecular weight is 276 g/mol. The monoisotopic (exact) mass is 276 g/mol. The van der Waals surface area contributed by atoms with Gasteiger partial charge >= 0.3 is 0 Å². The van der Waals surface area contributed by atoms with Gasteiger partial charge in [0.15, 0.2) is 0 Å². The Balaban J connectivity index is 2.85. The third-order valence-corrected chi connectivity index (χ3v) is 8.64. The molecule has 104 valence electrons. The second-order valence-electron chi connectivity index (χ2n) is 6.79. The van der Waals surface area contributed by atoms with Crippen LogP contribution in [0, 0.1) is 34.5 Å². The van der Waals surface area contributed by atoms with Crippen molar-refractivity contribution in [1.29, 1.82) is 10.5 Å². The summed E-state index contributed by atoms with van der Waals surface area (Å²) in [7, 11) is -1.81. The molecule has 0 radical (unpaired) electrons. The number of hydrogen-bond donors (Lipinski definition) is 0. The molecule has 1 aliphatic carbocycles. The van der Waals surface area contributed by atoms with Crippen LogP contribution in [-0.2, 0) is 4.43 Å². The molecule has 19 heavy (non-hydrogen) atoms. The van der Waals surface area contributed by atoms with E-state index in [2.05, 4.69) is 46.0 Å². The van der Waals surface area contributed by atoms with Crippen LogP contribution in [0.1, 0.15) is 40.0 Å². The Morgan fingerprint density at radius 2 is 1.89 bits per heavy atom. The zero-order valence-electron chi connectivity index (χ0n) is 12.7. The highest BCUT2D eigenvalue weighted by atomic mass is 28.4. The smallest absolute Gasteiger partial charge is 0.250 e. The molecule has 1 rings (SSSR count). The first-order chi connectivity index (χ1) is 8.71. The van der Waals surface area contributed by atoms with E-state index in [9.17, 15) is 0 Å². The normalized spacial score (nSPS) is 20.4. The van der Waals surface area contributed by atoms with Gasteiger partial charge in [-0.1, -0.05) is 20.8 Å². The van der Waals surface area contributed by atoms with Crippen molar-refractivity contribution in [3.05, 3.63) is 11.8 Å². The van der Waals surface area contributed by atoms with Gasteiger partial charge in [-0.05, 0) is 37.0 Å². The van der Waals surface area contributed by atoms with Gasteiger partial charge in [0.25, 0.3) is 0 Å².